The summed E-state index contributed by atoms with van der Waals surface area (Å²) in [7, 11) is 0. The molecule has 1 unspecified atom stereocenters. The first-order valence-electron chi connectivity index (χ1n) is 7.30. The third kappa shape index (κ3) is 3.36. The van der Waals surface area contributed by atoms with E-state index in [1.807, 2.05) is 29.2 Å². The summed E-state index contributed by atoms with van der Waals surface area (Å²) >= 11 is 5.95. The van der Waals surface area contributed by atoms with Crippen LogP contribution in [0.3, 0.4) is 0 Å². The van der Waals surface area contributed by atoms with E-state index in [9.17, 15) is 4.79 Å². The van der Waals surface area contributed by atoms with Gasteiger partial charge in [0.05, 0.1) is 0 Å². The highest BCUT2D eigenvalue weighted by Gasteiger charge is 2.32. The molecule has 22 heavy (non-hydrogen) atoms. The number of carbonyl (C=O) groups is 1. The molecule has 1 saturated heterocycles. The van der Waals surface area contributed by atoms with Gasteiger partial charge >= 0.3 is 0 Å². The van der Waals surface area contributed by atoms with Crippen LogP contribution in [-0.4, -0.2) is 28.5 Å². The normalized spacial score (nSPS) is 17.5. The summed E-state index contributed by atoms with van der Waals surface area (Å²) in [6.07, 6.45) is 5.18. The van der Waals surface area contributed by atoms with Crippen LogP contribution in [0.25, 0.3) is 0 Å². The summed E-state index contributed by atoms with van der Waals surface area (Å²) < 4.78 is 0. The topological polar surface area (TPSA) is 58.1 Å². The van der Waals surface area contributed by atoms with Crippen LogP contribution in [0.15, 0.2) is 42.7 Å². The molecule has 0 spiro atoms. The number of anilines is 1. The molecule has 1 fully saturated rings. The quantitative estimate of drug-likeness (QED) is 0.941. The zero-order chi connectivity index (χ0) is 15.4. The number of nitrogens with zero attached hydrogens (tertiary/aromatic N) is 3. The molecule has 6 heteroatoms. The molecule has 0 saturated carbocycles. The highest BCUT2D eigenvalue weighted by atomic mass is 35.5. The molecule has 2 aromatic rings. The molecule has 1 N–H and O–H groups in total. The largest absolute Gasteiger partial charge is 0.350 e. The van der Waals surface area contributed by atoms with Crippen LogP contribution in [0.2, 0.25) is 5.02 Å². The van der Waals surface area contributed by atoms with Crippen molar-refractivity contribution >= 4 is 23.5 Å². The van der Waals surface area contributed by atoms with E-state index in [4.69, 9.17) is 11.6 Å². The lowest BCUT2D eigenvalue weighted by atomic mass is 10.2. The first kappa shape index (κ1) is 14.8. The van der Waals surface area contributed by atoms with E-state index in [0.29, 0.717) is 17.5 Å². The van der Waals surface area contributed by atoms with Gasteiger partial charge in [0.1, 0.15) is 6.04 Å². The van der Waals surface area contributed by atoms with Crippen LogP contribution < -0.4 is 10.2 Å². The Morgan fingerprint density at radius 2 is 2.14 bits per heavy atom. The van der Waals surface area contributed by atoms with Crippen LogP contribution in [0.4, 0.5) is 5.95 Å². The molecule has 114 valence electrons. The van der Waals surface area contributed by atoms with Gasteiger partial charge in [-0.25, -0.2) is 9.97 Å². The van der Waals surface area contributed by atoms with Gasteiger partial charge in [0.25, 0.3) is 0 Å². The first-order chi connectivity index (χ1) is 10.7. The average Bonchev–Trinajstić information content (AvgIpc) is 3.03. The fraction of sp³-hybridized carbons (Fsp3) is 0.312. The van der Waals surface area contributed by atoms with E-state index >= 15 is 0 Å². The zero-order valence-electron chi connectivity index (χ0n) is 12.1. The SMILES string of the molecule is O=C(NCc1cccc(Cl)c1)C1CCCN1c1ncccn1. The summed E-state index contributed by atoms with van der Waals surface area (Å²) in [4.78, 5) is 22.9. The Morgan fingerprint density at radius 3 is 2.91 bits per heavy atom. The van der Waals surface area contributed by atoms with Gasteiger partial charge < -0.3 is 10.2 Å². The highest BCUT2D eigenvalue weighted by Crippen LogP contribution is 2.22. The molecule has 0 radical (unpaired) electrons. The van der Waals surface area contributed by atoms with Gasteiger partial charge in [-0.2, -0.15) is 0 Å². The molecule has 1 aliphatic rings. The van der Waals surface area contributed by atoms with Gasteiger partial charge in [-0.1, -0.05) is 23.7 Å². The van der Waals surface area contributed by atoms with Crippen molar-refractivity contribution in [2.24, 2.45) is 0 Å². The molecule has 1 atom stereocenters. The van der Waals surface area contributed by atoms with Crippen LogP contribution in [0, 0.1) is 0 Å². The Balaban J connectivity index is 1.64. The Morgan fingerprint density at radius 1 is 1.32 bits per heavy atom. The van der Waals surface area contributed by atoms with Crippen LogP contribution >= 0.6 is 11.6 Å². The van der Waals surface area contributed by atoms with Crippen molar-refractivity contribution in [1.82, 2.24) is 15.3 Å². The minimum Gasteiger partial charge on any atom is -0.350 e. The van der Waals surface area contributed by atoms with Crippen LogP contribution in [0.5, 0.6) is 0 Å². The zero-order valence-corrected chi connectivity index (χ0v) is 12.8. The number of carbonyl (C=O) groups excluding carboxylic acids is 1. The van der Waals surface area contributed by atoms with E-state index in [-0.39, 0.29) is 11.9 Å². The predicted octanol–water partition coefficient (Wildman–Crippen LogP) is 2.42. The maximum absolute atomic E-state index is 12.4. The Hall–Kier alpha value is -2.14. The maximum atomic E-state index is 12.4. The predicted molar refractivity (Wildman–Crippen MR) is 85.7 cm³/mol. The summed E-state index contributed by atoms with van der Waals surface area (Å²) in [5, 5.41) is 3.65. The summed E-state index contributed by atoms with van der Waals surface area (Å²) in [5.74, 6) is 0.618. The molecule has 1 aromatic heterocycles. The minimum absolute atomic E-state index is 0.00456. The smallest absolute Gasteiger partial charge is 0.243 e. The Labute approximate surface area is 134 Å². The molecule has 1 aromatic carbocycles. The summed E-state index contributed by atoms with van der Waals surface area (Å²) in [6, 6.07) is 9.06. The third-order valence-electron chi connectivity index (χ3n) is 3.72. The maximum Gasteiger partial charge on any atom is 0.243 e. The lowest BCUT2D eigenvalue weighted by molar-refractivity contribution is -0.122. The number of aromatic nitrogens is 2. The van der Waals surface area contributed by atoms with E-state index in [0.717, 1.165) is 24.9 Å². The van der Waals surface area contributed by atoms with E-state index in [2.05, 4.69) is 15.3 Å². The van der Waals surface area contributed by atoms with Crippen LogP contribution in [0.1, 0.15) is 18.4 Å². The van der Waals surface area contributed by atoms with Crippen molar-refractivity contribution in [1.29, 1.82) is 0 Å². The number of nitrogens with one attached hydrogen (secondary N) is 1. The van der Waals surface area contributed by atoms with Crippen molar-refractivity contribution in [2.45, 2.75) is 25.4 Å². The molecule has 0 bridgehead atoms. The monoisotopic (exact) mass is 316 g/mol. The van der Waals surface area contributed by atoms with E-state index in [1.165, 1.54) is 0 Å². The third-order valence-corrected chi connectivity index (χ3v) is 3.96. The summed E-state index contributed by atoms with van der Waals surface area (Å²) in [6.45, 7) is 1.28. The van der Waals surface area contributed by atoms with Gasteiger partial charge in [0, 0.05) is 30.5 Å². The summed E-state index contributed by atoms with van der Waals surface area (Å²) in [5.41, 5.74) is 0.987. The Bertz CT molecular complexity index is 650. The molecular formula is C16H17ClN4O. The number of hydrogen-bond donors (Lipinski definition) is 1. The van der Waals surface area contributed by atoms with Gasteiger partial charge in [-0.3, -0.25) is 4.79 Å². The van der Waals surface area contributed by atoms with Crippen molar-refractivity contribution in [3.63, 3.8) is 0 Å². The van der Waals surface area contributed by atoms with Gasteiger partial charge in [0.2, 0.25) is 11.9 Å². The fourth-order valence-corrected chi connectivity index (χ4v) is 2.89. The number of rotatable bonds is 4. The number of amides is 1. The molecular weight excluding hydrogens is 300 g/mol. The molecule has 5 nitrogen and oxygen atoms in total. The van der Waals surface area contributed by atoms with E-state index < -0.39 is 0 Å². The van der Waals surface area contributed by atoms with Gasteiger partial charge in [0.15, 0.2) is 0 Å². The van der Waals surface area contributed by atoms with E-state index in [1.54, 1.807) is 18.5 Å². The lowest BCUT2D eigenvalue weighted by Crippen LogP contribution is -2.43. The fourth-order valence-electron chi connectivity index (χ4n) is 2.67. The molecule has 1 aliphatic heterocycles. The second kappa shape index (κ2) is 6.75. The molecule has 0 aliphatic carbocycles. The number of halogens is 1. The molecule has 2 heterocycles. The van der Waals surface area contributed by atoms with Crippen molar-refractivity contribution in [3.05, 3.63) is 53.3 Å². The second-order valence-electron chi connectivity index (χ2n) is 5.25. The van der Waals surface area contributed by atoms with Crippen LogP contribution in [-0.2, 0) is 11.3 Å². The number of benzene rings is 1. The highest BCUT2D eigenvalue weighted by molar-refractivity contribution is 6.30. The molecule has 3 rings (SSSR count). The first-order valence-corrected chi connectivity index (χ1v) is 7.67. The standard InChI is InChI=1S/C16H17ClN4O/c17-13-5-1-4-12(10-13)11-20-15(22)14-6-2-9-21(14)16-18-7-3-8-19-16/h1,3-5,7-8,10,14H,2,6,9,11H2,(H,20,22). The van der Waals surface area contributed by atoms with Gasteiger partial charge in [-0.15, -0.1) is 0 Å². The van der Waals surface area contributed by atoms with Gasteiger partial charge in [-0.05, 0) is 36.6 Å². The minimum atomic E-state index is -0.207. The van der Waals surface area contributed by atoms with Crippen molar-refractivity contribution < 1.29 is 4.79 Å². The number of hydrogen-bond acceptors (Lipinski definition) is 4. The molecule has 1 amide bonds. The Kier molecular flexibility index (Phi) is 4.53. The second-order valence-corrected chi connectivity index (χ2v) is 5.68. The van der Waals surface area contributed by atoms with Crippen molar-refractivity contribution in [3.8, 4) is 0 Å². The van der Waals surface area contributed by atoms with Crippen molar-refractivity contribution in [2.75, 3.05) is 11.4 Å². The lowest BCUT2D eigenvalue weighted by Gasteiger charge is -2.23. The average molecular weight is 317 g/mol.